The summed E-state index contributed by atoms with van der Waals surface area (Å²) in [6.07, 6.45) is 7.48. The first-order chi connectivity index (χ1) is 6.65. The van der Waals surface area contributed by atoms with Crippen molar-refractivity contribution in [2.45, 2.75) is 39.5 Å². The van der Waals surface area contributed by atoms with Crippen molar-refractivity contribution in [1.29, 1.82) is 0 Å². The van der Waals surface area contributed by atoms with Crippen LogP contribution < -0.4 is 0 Å². The number of carbonyl (C=O) groups is 1. The van der Waals surface area contributed by atoms with Crippen molar-refractivity contribution in [3.63, 3.8) is 0 Å². The predicted octanol–water partition coefficient (Wildman–Crippen LogP) is 3.51. The second-order valence-corrected chi connectivity index (χ2v) is 4.42. The first-order valence-corrected chi connectivity index (χ1v) is 5.48. The van der Waals surface area contributed by atoms with E-state index in [4.69, 9.17) is 0 Å². The molecule has 0 fully saturated rings. The molecule has 1 rings (SSSR count). The molecule has 1 heteroatoms. The van der Waals surface area contributed by atoms with Crippen LogP contribution in [-0.4, -0.2) is 5.78 Å². The molecule has 0 spiro atoms. The van der Waals surface area contributed by atoms with E-state index in [0.717, 1.165) is 24.8 Å². The van der Waals surface area contributed by atoms with Crippen molar-refractivity contribution in [3.05, 3.63) is 24.3 Å². The Kier molecular flexibility index (Phi) is 4.12. The van der Waals surface area contributed by atoms with Crippen molar-refractivity contribution in [2.75, 3.05) is 0 Å². The normalized spacial score (nSPS) is 21.1. The SMILES string of the molecule is C=CCCC(=O)C1=CCC(C(C)C)C1. The van der Waals surface area contributed by atoms with E-state index >= 15 is 0 Å². The highest BCUT2D eigenvalue weighted by atomic mass is 16.1. The largest absolute Gasteiger partial charge is 0.295 e. The zero-order valence-corrected chi connectivity index (χ0v) is 9.25. The van der Waals surface area contributed by atoms with Crippen LogP contribution in [0.25, 0.3) is 0 Å². The van der Waals surface area contributed by atoms with Crippen LogP contribution >= 0.6 is 0 Å². The molecule has 0 heterocycles. The van der Waals surface area contributed by atoms with E-state index < -0.39 is 0 Å². The lowest BCUT2D eigenvalue weighted by atomic mass is 9.91. The fourth-order valence-corrected chi connectivity index (χ4v) is 1.87. The Hall–Kier alpha value is -0.850. The van der Waals surface area contributed by atoms with Gasteiger partial charge in [-0.25, -0.2) is 0 Å². The Labute approximate surface area is 86.9 Å². The first-order valence-electron chi connectivity index (χ1n) is 5.48. The van der Waals surface area contributed by atoms with Crippen LogP contribution in [0.5, 0.6) is 0 Å². The van der Waals surface area contributed by atoms with Crippen LogP contribution in [0.15, 0.2) is 24.3 Å². The Morgan fingerprint density at radius 1 is 1.71 bits per heavy atom. The molecule has 1 aliphatic rings. The number of carbonyl (C=O) groups excluding carboxylic acids is 1. The predicted molar refractivity (Wildman–Crippen MR) is 60.1 cm³/mol. The molecule has 0 bridgehead atoms. The molecular formula is C13H20O. The monoisotopic (exact) mass is 192 g/mol. The molecule has 0 aliphatic heterocycles. The van der Waals surface area contributed by atoms with E-state index in [9.17, 15) is 4.79 Å². The quantitative estimate of drug-likeness (QED) is 0.609. The molecule has 0 saturated heterocycles. The van der Waals surface area contributed by atoms with E-state index in [0.29, 0.717) is 24.0 Å². The lowest BCUT2D eigenvalue weighted by molar-refractivity contribution is -0.115. The molecule has 1 atom stereocenters. The van der Waals surface area contributed by atoms with Crippen molar-refractivity contribution >= 4 is 5.78 Å². The molecule has 0 saturated carbocycles. The summed E-state index contributed by atoms with van der Waals surface area (Å²) >= 11 is 0. The summed E-state index contributed by atoms with van der Waals surface area (Å²) in [4.78, 5) is 11.7. The second kappa shape index (κ2) is 5.14. The van der Waals surface area contributed by atoms with Gasteiger partial charge in [0.05, 0.1) is 0 Å². The van der Waals surface area contributed by atoms with Gasteiger partial charge in [0, 0.05) is 6.42 Å². The Morgan fingerprint density at radius 3 is 2.93 bits per heavy atom. The lowest BCUT2D eigenvalue weighted by Crippen LogP contribution is -2.07. The van der Waals surface area contributed by atoms with Crippen LogP contribution in [-0.2, 0) is 4.79 Å². The minimum Gasteiger partial charge on any atom is -0.295 e. The molecule has 0 amide bonds. The lowest BCUT2D eigenvalue weighted by Gasteiger charge is -2.13. The number of ketones is 1. The van der Waals surface area contributed by atoms with E-state index in [-0.39, 0.29) is 0 Å². The number of allylic oxidation sites excluding steroid dienone is 3. The Bertz CT molecular complexity index is 248. The van der Waals surface area contributed by atoms with Gasteiger partial charge < -0.3 is 0 Å². The van der Waals surface area contributed by atoms with Gasteiger partial charge in [0.2, 0.25) is 0 Å². The highest BCUT2D eigenvalue weighted by Crippen LogP contribution is 2.31. The third-order valence-electron chi connectivity index (χ3n) is 3.03. The molecule has 0 N–H and O–H groups in total. The van der Waals surface area contributed by atoms with Crippen LogP contribution in [0.3, 0.4) is 0 Å². The molecule has 1 unspecified atom stereocenters. The molecule has 1 nitrogen and oxygen atoms in total. The molecule has 14 heavy (non-hydrogen) atoms. The van der Waals surface area contributed by atoms with E-state index in [1.807, 2.05) is 6.08 Å². The summed E-state index contributed by atoms with van der Waals surface area (Å²) in [7, 11) is 0. The molecule has 0 aromatic heterocycles. The summed E-state index contributed by atoms with van der Waals surface area (Å²) in [6, 6.07) is 0. The highest BCUT2D eigenvalue weighted by Gasteiger charge is 2.23. The highest BCUT2D eigenvalue weighted by molar-refractivity contribution is 5.95. The molecule has 1 aliphatic carbocycles. The summed E-state index contributed by atoms with van der Waals surface area (Å²) in [5, 5.41) is 0. The smallest absolute Gasteiger partial charge is 0.158 e. The average Bonchev–Trinajstić information content (AvgIpc) is 2.62. The summed E-state index contributed by atoms with van der Waals surface area (Å²) in [5.74, 6) is 1.71. The summed E-state index contributed by atoms with van der Waals surface area (Å²) < 4.78 is 0. The Morgan fingerprint density at radius 2 is 2.43 bits per heavy atom. The maximum atomic E-state index is 11.7. The number of Topliss-reactive ketones (excluding diaryl/α,β-unsaturated/α-hetero) is 1. The third-order valence-corrected chi connectivity index (χ3v) is 3.03. The van der Waals surface area contributed by atoms with Gasteiger partial charge >= 0.3 is 0 Å². The van der Waals surface area contributed by atoms with Gasteiger partial charge in [-0.05, 0) is 36.7 Å². The van der Waals surface area contributed by atoms with Crippen molar-refractivity contribution in [3.8, 4) is 0 Å². The zero-order chi connectivity index (χ0) is 10.6. The maximum absolute atomic E-state index is 11.7. The Balaban J connectivity index is 2.40. The first kappa shape index (κ1) is 11.2. The van der Waals surface area contributed by atoms with Crippen LogP contribution in [0.4, 0.5) is 0 Å². The van der Waals surface area contributed by atoms with Crippen molar-refractivity contribution in [2.24, 2.45) is 11.8 Å². The van der Waals surface area contributed by atoms with Crippen molar-refractivity contribution < 1.29 is 4.79 Å². The van der Waals surface area contributed by atoms with E-state index in [1.165, 1.54) is 0 Å². The average molecular weight is 192 g/mol. The standard InChI is InChI=1S/C13H20O/c1-4-5-6-13(14)12-8-7-11(9-12)10(2)3/h4,8,10-11H,1,5-7,9H2,2-3H3. The van der Waals surface area contributed by atoms with Gasteiger partial charge in [0.1, 0.15) is 0 Å². The van der Waals surface area contributed by atoms with Gasteiger partial charge in [-0.1, -0.05) is 26.0 Å². The fraction of sp³-hybridized carbons (Fsp3) is 0.615. The van der Waals surface area contributed by atoms with Gasteiger partial charge in [-0.15, -0.1) is 6.58 Å². The second-order valence-electron chi connectivity index (χ2n) is 4.42. The van der Waals surface area contributed by atoms with Gasteiger partial charge in [-0.3, -0.25) is 4.79 Å². The molecule has 0 aromatic carbocycles. The zero-order valence-electron chi connectivity index (χ0n) is 9.25. The number of hydrogen-bond donors (Lipinski definition) is 0. The minimum absolute atomic E-state index is 0.327. The third kappa shape index (κ3) is 2.83. The molecule has 0 radical (unpaired) electrons. The summed E-state index contributed by atoms with van der Waals surface area (Å²) in [6.45, 7) is 8.09. The fourth-order valence-electron chi connectivity index (χ4n) is 1.87. The van der Waals surface area contributed by atoms with Crippen LogP contribution in [0.1, 0.15) is 39.5 Å². The molecular weight excluding hydrogens is 172 g/mol. The van der Waals surface area contributed by atoms with Crippen LogP contribution in [0.2, 0.25) is 0 Å². The topological polar surface area (TPSA) is 17.1 Å². The van der Waals surface area contributed by atoms with Crippen LogP contribution in [0, 0.1) is 11.8 Å². The van der Waals surface area contributed by atoms with E-state index in [2.05, 4.69) is 26.5 Å². The van der Waals surface area contributed by atoms with E-state index in [1.54, 1.807) is 0 Å². The molecule has 78 valence electrons. The number of rotatable bonds is 5. The van der Waals surface area contributed by atoms with Gasteiger partial charge in [0.15, 0.2) is 5.78 Å². The minimum atomic E-state index is 0.327. The van der Waals surface area contributed by atoms with Crippen molar-refractivity contribution in [1.82, 2.24) is 0 Å². The van der Waals surface area contributed by atoms with Gasteiger partial charge in [0.25, 0.3) is 0 Å². The maximum Gasteiger partial charge on any atom is 0.158 e. The molecule has 0 aromatic rings. The van der Waals surface area contributed by atoms with Gasteiger partial charge in [-0.2, -0.15) is 0 Å². The summed E-state index contributed by atoms with van der Waals surface area (Å²) in [5.41, 5.74) is 1.06. The number of hydrogen-bond acceptors (Lipinski definition) is 1.